The molecule has 8 aromatic heterocycles. The number of rotatable bonds is 31. The third kappa shape index (κ3) is 21.1. The van der Waals surface area contributed by atoms with E-state index in [9.17, 15) is 43.2 Å². The molecule has 1 fully saturated rings. The van der Waals surface area contributed by atoms with Gasteiger partial charge in [0.2, 0.25) is 51.4 Å². The van der Waals surface area contributed by atoms with E-state index in [1.807, 2.05) is 53.4 Å². The van der Waals surface area contributed by atoms with Crippen molar-refractivity contribution < 1.29 is 57.5 Å². The number of nitrogens with zero attached hydrogens (tertiary/aromatic N) is 13. The first-order valence-corrected chi connectivity index (χ1v) is 43.7. The molecule has 37 heteroatoms. The van der Waals surface area contributed by atoms with Gasteiger partial charge in [0.25, 0.3) is 23.6 Å². The number of carbonyl (C=O) groups excluding carboxylic acids is 5. The van der Waals surface area contributed by atoms with Crippen LogP contribution in [0.15, 0.2) is 166 Å². The van der Waals surface area contributed by atoms with Gasteiger partial charge in [-0.1, -0.05) is 36.4 Å². The van der Waals surface area contributed by atoms with Crippen LogP contribution in [-0.4, -0.2) is 195 Å². The number of hydrogen-bond donors (Lipinski definition) is 8. The number of hydroxylamine groups is 4. The number of carbonyl (C=O) groups is 5. The number of fused-ring (bicyclic) bond motifs is 8. The number of ether oxygens (including phenoxy) is 3. The molecule has 5 amide bonds. The summed E-state index contributed by atoms with van der Waals surface area (Å²) in [5, 5.41) is 13.7. The summed E-state index contributed by atoms with van der Waals surface area (Å²) >= 11 is 0. The SMILES string of the molecule is COCCCNc1ncc2c(=O)c(C(=O)NOC)cn(-c3ccc4c(c3)CCC4)c2n1.COCCNc1ncc2c(=O)c(C(=O)NOC)cn(-c3ccc4c(c3)CCC4)c2n1.CONC(=O)c1cn(-c2ccc3c(c2)CCC3)c2nc(NCCCN3CCCC3=O)ncc2c1=O.CONC(=O)c1cn(-c2ccc3c(c2)CCC3)c2nc(NCCc3ccc(OC)cc3)ncc2c1=O. The molecule has 5 aliphatic rings. The Kier molecular flexibility index (Phi) is 30.1. The summed E-state index contributed by atoms with van der Waals surface area (Å²) in [5.74, 6) is 0.0935. The van der Waals surface area contributed by atoms with Crippen molar-refractivity contribution in [1.82, 2.24) is 85.0 Å². The number of methoxy groups -OCH3 is 3. The van der Waals surface area contributed by atoms with E-state index in [0.717, 1.165) is 143 Å². The normalized spacial score (nSPS) is 13.2. The van der Waals surface area contributed by atoms with Crippen molar-refractivity contribution in [1.29, 1.82) is 0 Å². The lowest BCUT2D eigenvalue weighted by Crippen LogP contribution is -2.29. The van der Waals surface area contributed by atoms with Crippen molar-refractivity contribution in [3.63, 3.8) is 0 Å². The Morgan fingerprint density at radius 1 is 0.348 bits per heavy atom. The molecule has 0 atom stereocenters. The van der Waals surface area contributed by atoms with Crippen LogP contribution in [-0.2, 0) is 91.4 Å². The summed E-state index contributed by atoms with van der Waals surface area (Å²) in [6.07, 6.45) is 28.5. The van der Waals surface area contributed by atoms with E-state index in [2.05, 4.69) is 132 Å². The van der Waals surface area contributed by atoms with Gasteiger partial charge in [-0.05, 0) is 213 Å². The van der Waals surface area contributed by atoms with Gasteiger partial charge in [-0.25, -0.2) is 41.9 Å². The lowest BCUT2D eigenvalue weighted by molar-refractivity contribution is -0.127. The number of aromatic nitrogens is 12. The molecule has 132 heavy (non-hydrogen) atoms. The first-order chi connectivity index (χ1) is 64.3. The zero-order valence-corrected chi connectivity index (χ0v) is 74.4. The van der Waals surface area contributed by atoms with E-state index in [-0.39, 0.29) is 49.7 Å². The number of benzene rings is 5. The molecule has 37 nitrogen and oxygen atoms in total. The first kappa shape index (κ1) is 92.1. The highest BCUT2D eigenvalue weighted by atomic mass is 16.7. The number of nitrogens with one attached hydrogen (secondary N) is 8. The second kappa shape index (κ2) is 43.2. The van der Waals surface area contributed by atoms with Crippen LogP contribution in [0.25, 0.3) is 66.9 Å². The minimum atomic E-state index is -0.632. The molecule has 0 unspecified atom stereocenters. The zero-order valence-electron chi connectivity index (χ0n) is 74.4. The van der Waals surface area contributed by atoms with Gasteiger partial charge in [0.15, 0.2) is 22.6 Å². The van der Waals surface area contributed by atoms with E-state index < -0.39 is 45.3 Å². The molecule has 9 heterocycles. The standard InChI is InChI=1S/C27H27N5O4.C25H28N6O4.C22H25N5O4.C21H23N5O4/c1-35-21-10-6-17(7-11-21)12-13-28-27-29-15-22-24(33)23(26(34)31-36-2)16-32(25(22)30-27)20-9-8-18-4-3-5-19(18)14-20;1-35-29-24(34)20-15-31(18-9-8-16-5-2-6-17(16)13-18)23-19(22(20)33)14-27-25(28-23)26-10-4-12-30-11-3-7-21(30)32;1-30-10-4-9-23-22-24-12-17-19(28)18(21(29)26-31-2)13-27(20(17)25-22)16-8-7-14-5-3-6-15(14)11-16;1-29-9-8-22-21-23-11-16-18(27)17(20(28)25-30-2)12-26(19(16)24-21)15-7-6-13-4-3-5-14(13)10-15/h6-11,14-16H,3-5,12-13H2,1-2H3,(H,31,34)(H,28,29,30);8-9,13-15H,2-7,10-12H2,1H3,(H,29,34)(H,26,27,28);7-8,11-13H,3-6,9-10H2,1-2H3,(H,26,29)(H,23,24,25);6-7,10-12H,3-5,8-9H2,1-2H3,(H,25,28)(H,22,23,24). The fourth-order valence-electron chi connectivity index (χ4n) is 16.8. The van der Waals surface area contributed by atoms with Crippen molar-refractivity contribution in [3.8, 4) is 28.5 Å². The van der Waals surface area contributed by atoms with Crippen LogP contribution in [0, 0.1) is 0 Å². The van der Waals surface area contributed by atoms with Gasteiger partial charge >= 0.3 is 0 Å². The monoisotopic (exact) mass is 1790 g/mol. The molecule has 8 N–H and O–H groups in total. The van der Waals surface area contributed by atoms with Crippen LogP contribution in [0.3, 0.4) is 0 Å². The van der Waals surface area contributed by atoms with Crippen molar-refractivity contribution >= 4 is 97.5 Å². The van der Waals surface area contributed by atoms with Crippen molar-refractivity contribution in [2.75, 3.05) is 124 Å². The highest BCUT2D eigenvalue weighted by molar-refractivity contribution is 5.99. The smallest absolute Gasteiger partial charge is 0.280 e. The van der Waals surface area contributed by atoms with Gasteiger partial charge in [0.05, 0.1) is 63.7 Å². The van der Waals surface area contributed by atoms with E-state index in [0.29, 0.717) is 98.7 Å². The van der Waals surface area contributed by atoms with Crippen LogP contribution >= 0.6 is 0 Å². The molecule has 0 radical (unpaired) electrons. The maximum Gasteiger partial charge on any atom is 0.280 e. The minimum absolute atomic E-state index is 0.0424. The number of amides is 5. The molecule has 0 saturated carbocycles. The van der Waals surface area contributed by atoms with Gasteiger partial charge in [-0.3, -0.25) is 62.5 Å². The zero-order chi connectivity index (χ0) is 92.3. The summed E-state index contributed by atoms with van der Waals surface area (Å²) in [5.41, 5.74) is 23.4. The molecule has 1 aliphatic heterocycles. The second-order valence-corrected chi connectivity index (χ2v) is 31.9. The highest BCUT2D eigenvalue weighted by Gasteiger charge is 2.27. The number of pyridine rings is 4. The van der Waals surface area contributed by atoms with E-state index in [1.165, 1.54) is 123 Å². The summed E-state index contributed by atoms with van der Waals surface area (Å²) < 4.78 is 22.4. The molecule has 684 valence electrons. The number of aryl methyl sites for hydroxylation is 8. The van der Waals surface area contributed by atoms with Crippen LogP contribution in [0.2, 0.25) is 0 Å². The van der Waals surface area contributed by atoms with Gasteiger partial charge in [-0.2, -0.15) is 19.9 Å². The Balaban J connectivity index is 0.000000135. The molecular formula is C95H103N21O16. The van der Waals surface area contributed by atoms with Crippen LogP contribution < -0.4 is 69.6 Å². The fraction of sp³-hybridized carbons (Fsp3) is 0.337. The lowest BCUT2D eigenvalue weighted by Gasteiger charge is -2.16. The molecule has 4 aliphatic carbocycles. The lowest BCUT2D eigenvalue weighted by atomic mass is 10.1. The molecule has 1 saturated heterocycles. The van der Waals surface area contributed by atoms with Gasteiger partial charge in [0, 0.05) is 139 Å². The third-order valence-corrected chi connectivity index (χ3v) is 23.5. The predicted octanol–water partition coefficient (Wildman–Crippen LogP) is 8.84. The summed E-state index contributed by atoms with van der Waals surface area (Å²) in [6.45, 7) is 4.99. The Bertz CT molecular complexity index is 6760. The Morgan fingerprint density at radius 3 is 0.977 bits per heavy atom. The Labute approximate surface area is 757 Å². The minimum Gasteiger partial charge on any atom is -0.497 e. The number of hydrogen-bond acceptors (Lipinski definition) is 28. The van der Waals surface area contributed by atoms with E-state index in [1.54, 1.807) is 39.6 Å². The van der Waals surface area contributed by atoms with Crippen molar-refractivity contribution in [2.45, 2.75) is 109 Å². The molecule has 0 spiro atoms. The third-order valence-electron chi connectivity index (χ3n) is 23.5. The van der Waals surface area contributed by atoms with Gasteiger partial charge in [-0.15, -0.1) is 0 Å². The van der Waals surface area contributed by atoms with Crippen LogP contribution in [0.1, 0.15) is 143 Å². The Morgan fingerprint density at radius 2 is 0.667 bits per heavy atom. The van der Waals surface area contributed by atoms with E-state index >= 15 is 0 Å². The fourth-order valence-corrected chi connectivity index (χ4v) is 16.8. The maximum atomic E-state index is 13.1. The highest BCUT2D eigenvalue weighted by Crippen LogP contribution is 2.32. The van der Waals surface area contributed by atoms with E-state index in [4.69, 9.17) is 33.6 Å². The number of likely N-dealkylation sites (tertiary alicyclic amines) is 1. The predicted molar refractivity (Wildman–Crippen MR) is 496 cm³/mol. The maximum absolute atomic E-state index is 13.1. The van der Waals surface area contributed by atoms with Gasteiger partial charge in [0.1, 0.15) is 28.0 Å². The largest absolute Gasteiger partial charge is 0.497 e. The molecule has 0 bridgehead atoms. The van der Waals surface area contributed by atoms with Crippen molar-refractivity contribution in [3.05, 3.63) is 260 Å². The van der Waals surface area contributed by atoms with Crippen LogP contribution in [0.4, 0.5) is 23.8 Å². The second-order valence-electron chi connectivity index (χ2n) is 31.9. The Hall–Kier alpha value is -14.6. The molecule has 18 rings (SSSR count). The average Bonchev–Trinajstić information content (AvgIpc) is 1.12. The van der Waals surface area contributed by atoms with Crippen LogP contribution in [0.5, 0.6) is 5.75 Å². The van der Waals surface area contributed by atoms with Gasteiger partial charge < -0.3 is 58.6 Å². The van der Waals surface area contributed by atoms with Crippen molar-refractivity contribution in [2.24, 2.45) is 0 Å². The number of anilines is 4. The molecule has 13 aromatic rings. The molecular weight excluding hydrogens is 1690 g/mol. The quantitative estimate of drug-likeness (QED) is 0.0148. The average molecular weight is 1800 g/mol. The molecule has 5 aromatic carbocycles. The topological polar surface area (TPSA) is 441 Å². The first-order valence-electron chi connectivity index (χ1n) is 43.7. The summed E-state index contributed by atoms with van der Waals surface area (Å²) in [7, 11) is 10.2. The summed E-state index contributed by atoms with van der Waals surface area (Å²) in [6, 6.07) is 32.6. The summed E-state index contributed by atoms with van der Waals surface area (Å²) in [4.78, 5) is 170.